The summed E-state index contributed by atoms with van der Waals surface area (Å²) in [5.74, 6) is -0.707. The monoisotopic (exact) mass is 300 g/mol. The maximum absolute atomic E-state index is 13.6. The summed E-state index contributed by atoms with van der Waals surface area (Å²) in [7, 11) is 0. The van der Waals surface area contributed by atoms with Crippen molar-refractivity contribution in [1.29, 1.82) is 0 Å². The summed E-state index contributed by atoms with van der Waals surface area (Å²) in [5.41, 5.74) is 0.133. The number of carbonyl (C=O) groups excluding carboxylic acids is 1. The number of hydrogen-bond acceptors (Lipinski definition) is 2. The molecule has 17 heavy (non-hydrogen) atoms. The molecule has 0 unspecified atom stereocenters. The first-order valence-corrected chi connectivity index (χ1v) is 6.35. The third-order valence-electron chi connectivity index (χ3n) is 2.81. The molecule has 3 nitrogen and oxygen atoms in total. The third kappa shape index (κ3) is 2.84. The molecule has 1 aromatic rings. The van der Waals surface area contributed by atoms with Crippen LogP contribution in [0.15, 0.2) is 22.7 Å². The van der Waals surface area contributed by atoms with Gasteiger partial charge in [0, 0.05) is 30.1 Å². The maximum atomic E-state index is 13.6. The van der Waals surface area contributed by atoms with Crippen LogP contribution in [0.3, 0.4) is 0 Å². The molecule has 1 amide bonds. The molecule has 0 radical (unpaired) electrons. The standard InChI is InChI=1S/C12H14BrFN2O/c1-8-7-16(5-4-15-8)12(17)10-6-9(13)2-3-11(10)14/h2-3,6,8,15H,4-5,7H2,1H3/t8-/m1/s1. The highest BCUT2D eigenvalue weighted by molar-refractivity contribution is 9.10. The van der Waals surface area contributed by atoms with Crippen molar-refractivity contribution in [1.82, 2.24) is 10.2 Å². The zero-order valence-corrected chi connectivity index (χ0v) is 11.1. The van der Waals surface area contributed by atoms with E-state index < -0.39 is 5.82 Å². The van der Waals surface area contributed by atoms with Crippen LogP contribution in [-0.2, 0) is 0 Å². The van der Waals surface area contributed by atoms with E-state index in [1.165, 1.54) is 12.1 Å². The van der Waals surface area contributed by atoms with E-state index in [1.54, 1.807) is 11.0 Å². The number of piperazine rings is 1. The molecule has 1 heterocycles. The second-order valence-electron chi connectivity index (χ2n) is 4.23. The van der Waals surface area contributed by atoms with Crippen molar-refractivity contribution in [3.63, 3.8) is 0 Å². The Hall–Kier alpha value is -0.940. The van der Waals surface area contributed by atoms with Crippen LogP contribution in [0.1, 0.15) is 17.3 Å². The Labute approximate surface area is 108 Å². The maximum Gasteiger partial charge on any atom is 0.256 e. The summed E-state index contributed by atoms with van der Waals surface area (Å²) < 4.78 is 14.3. The minimum Gasteiger partial charge on any atom is -0.336 e. The summed E-state index contributed by atoms with van der Waals surface area (Å²) in [4.78, 5) is 13.8. The molecular weight excluding hydrogens is 287 g/mol. The minimum atomic E-state index is -0.468. The first-order chi connectivity index (χ1) is 8.08. The van der Waals surface area contributed by atoms with Crippen LogP contribution in [0.4, 0.5) is 4.39 Å². The van der Waals surface area contributed by atoms with Crippen LogP contribution in [0.25, 0.3) is 0 Å². The fourth-order valence-electron chi connectivity index (χ4n) is 1.95. The van der Waals surface area contributed by atoms with Crippen LogP contribution in [0.2, 0.25) is 0 Å². The molecule has 0 aliphatic carbocycles. The smallest absolute Gasteiger partial charge is 0.256 e. The molecule has 92 valence electrons. The SMILES string of the molecule is C[C@@H]1CN(C(=O)c2cc(Br)ccc2F)CCN1. The van der Waals surface area contributed by atoms with E-state index in [0.29, 0.717) is 17.6 Å². The van der Waals surface area contributed by atoms with E-state index in [0.717, 1.165) is 6.54 Å². The number of nitrogens with one attached hydrogen (secondary N) is 1. The Morgan fingerprint density at radius 3 is 3.06 bits per heavy atom. The van der Waals surface area contributed by atoms with E-state index >= 15 is 0 Å². The molecule has 1 fully saturated rings. The van der Waals surface area contributed by atoms with Gasteiger partial charge in [0.25, 0.3) is 5.91 Å². The van der Waals surface area contributed by atoms with Crippen LogP contribution in [0.5, 0.6) is 0 Å². The van der Waals surface area contributed by atoms with Crippen molar-refractivity contribution in [2.45, 2.75) is 13.0 Å². The third-order valence-corrected chi connectivity index (χ3v) is 3.31. The van der Waals surface area contributed by atoms with Gasteiger partial charge in [-0.2, -0.15) is 0 Å². The lowest BCUT2D eigenvalue weighted by atomic mass is 10.1. The van der Waals surface area contributed by atoms with Crippen molar-refractivity contribution >= 4 is 21.8 Å². The average molecular weight is 301 g/mol. The van der Waals surface area contributed by atoms with Gasteiger partial charge in [0.2, 0.25) is 0 Å². The number of halogens is 2. The van der Waals surface area contributed by atoms with Gasteiger partial charge in [-0.05, 0) is 25.1 Å². The molecule has 0 saturated carbocycles. The van der Waals surface area contributed by atoms with Gasteiger partial charge in [0.15, 0.2) is 0 Å². The lowest BCUT2D eigenvalue weighted by Gasteiger charge is -2.32. The fraction of sp³-hybridized carbons (Fsp3) is 0.417. The number of amides is 1. The first kappa shape index (κ1) is 12.5. The average Bonchev–Trinajstić information content (AvgIpc) is 2.31. The van der Waals surface area contributed by atoms with Gasteiger partial charge in [-0.3, -0.25) is 4.79 Å². The van der Waals surface area contributed by atoms with Crippen molar-refractivity contribution in [2.24, 2.45) is 0 Å². The number of benzene rings is 1. The Morgan fingerprint density at radius 1 is 1.59 bits per heavy atom. The van der Waals surface area contributed by atoms with Gasteiger partial charge in [-0.25, -0.2) is 4.39 Å². The highest BCUT2D eigenvalue weighted by atomic mass is 79.9. The van der Waals surface area contributed by atoms with Crippen LogP contribution in [0, 0.1) is 5.82 Å². The fourth-order valence-corrected chi connectivity index (χ4v) is 2.31. The molecule has 0 spiro atoms. The van der Waals surface area contributed by atoms with Crippen molar-refractivity contribution < 1.29 is 9.18 Å². The Morgan fingerprint density at radius 2 is 2.35 bits per heavy atom. The van der Waals surface area contributed by atoms with Gasteiger partial charge in [-0.1, -0.05) is 15.9 Å². The van der Waals surface area contributed by atoms with Crippen molar-refractivity contribution in [3.05, 3.63) is 34.1 Å². The second-order valence-corrected chi connectivity index (χ2v) is 5.15. The highest BCUT2D eigenvalue weighted by Gasteiger charge is 2.23. The van der Waals surface area contributed by atoms with Crippen LogP contribution in [-0.4, -0.2) is 36.5 Å². The molecule has 5 heteroatoms. The molecule has 1 N–H and O–H groups in total. The Kier molecular flexibility index (Phi) is 3.79. The largest absolute Gasteiger partial charge is 0.336 e. The summed E-state index contributed by atoms with van der Waals surface area (Å²) in [6, 6.07) is 4.68. The number of hydrogen-bond donors (Lipinski definition) is 1. The quantitative estimate of drug-likeness (QED) is 0.861. The molecule has 1 saturated heterocycles. The van der Waals surface area contributed by atoms with Gasteiger partial charge < -0.3 is 10.2 Å². The molecule has 1 aromatic carbocycles. The first-order valence-electron chi connectivity index (χ1n) is 5.55. The molecular formula is C12H14BrFN2O. The normalized spacial score (nSPS) is 20.4. The minimum absolute atomic E-state index is 0.133. The molecule has 1 atom stereocenters. The van der Waals surface area contributed by atoms with Gasteiger partial charge in [0.1, 0.15) is 5.82 Å². The predicted molar refractivity (Wildman–Crippen MR) is 67.5 cm³/mol. The molecule has 1 aliphatic rings. The Bertz CT molecular complexity index is 439. The summed E-state index contributed by atoms with van der Waals surface area (Å²) in [6.45, 7) is 4.00. The highest BCUT2D eigenvalue weighted by Crippen LogP contribution is 2.18. The van der Waals surface area contributed by atoms with E-state index in [2.05, 4.69) is 21.2 Å². The van der Waals surface area contributed by atoms with E-state index in [9.17, 15) is 9.18 Å². The van der Waals surface area contributed by atoms with Crippen molar-refractivity contribution in [2.75, 3.05) is 19.6 Å². The predicted octanol–water partition coefficient (Wildman–Crippen LogP) is 2.02. The zero-order valence-electron chi connectivity index (χ0n) is 9.54. The number of carbonyl (C=O) groups is 1. The van der Waals surface area contributed by atoms with Crippen molar-refractivity contribution in [3.8, 4) is 0 Å². The van der Waals surface area contributed by atoms with E-state index in [1.807, 2.05) is 6.92 Å². The van der Waals surface area contributed by atoms with Gasteiger partial charge in [0.05, 0.1) is 5.56 Å². The lowest BCUT2D eigenvalue weighted by molar-refractivity contribution is 0.0704. The van der Waals surface area contributed by atoms with Gasteiger partial charge in [-0.15, -0.1) is 0 Å². The molecule has 0 aromatic heterocycles. The lowest BCUT2D eigenvalue weighted by Crippen LogP contribution is -2.51. The van der Waals surface area contributed by atoms with E-state index in [4.69, 9.17) is 0 Å². The zero-order chi connectivity index (χ0) is 12.4. The molecule has 2 rings (SSSR count). The summed E-state index contributed by atoms with van der Waals surface area (Å²) in [5, 5.41) is 3.25. The number of nitrogens with zero attached hydrogens (tertiary/aromatic N) is 1. The van der Waals surface area contributed by atoms with Crippen LogP contribution < -0.4 is 5.32 Å². The van der Waals surface area contributed by atoms with Crippen LogP contribution >= 0.6 is 15.9 Å². The summed E-state index contributed by atoms with van der Waals surface area (Å²) in [6.07, 6.45) is 0. The molecule has 0 bridgehead atoms. The van der Waals surface area contributed by atoms with E-state index in [-0.39, 0.29) is 17.5 Å². The summed E-state index contributed by atoms with van der Waals surface area (Å²) >= 11 is 3.25. The Balaban J connectivity index is 2.21. The topological polar surface area (TPSA) is 32.3 Å². The second kappa shape index (κ2) is 5.14. The number of rotatable bonds is 1. The van der Waals surface area contributed by atoms with Gasteiger partial charge >= 0.3 is 0 Å². The molecule has 1 aliphatic heterocycles.